The minimum atomic E-state index is -3.43. The maximum absolute atomic E-state index is 12.3. The highest BCUT2D eigenvalue weighted by atomic mass is 32.2. The van der Waals surface area contributed by atoms with Gasteiger partial charge in [0.05, 0.1) is 31.2 Å². The summed E-state index contributed by atoms with van der Waals surface area (Å²) >= 11 is 0. The van der Waals surface area contributed by atoms with Crippen molar-refractivity contribution in [3.63, 3.8) is 0 Å². The Balaban J connectivity index is 1.67. The summed E-state index contributed by atoms with van der Waals surface area (Å²) in [5.74, 6) is 0.578. The molecule has 2 heterocycles. The minimum absolute atomic E-state index is 0.0474. The predicted octanol–water partition coefficient (Wildman–Crippen LogP) is 1.24. The third-order valence-corrected chi connectivity index (χ3v) is 5.16. The fraction of sp³-hybridized carbons (Fsp3) is 0.412. The molecule has 0 amide bonds. The number of hydrogen-bond donors (Lipinski definition) is 1. The molecule has 1 saturated heterocycles. The molecule has 0 unspecified atom stereocenters. The molecule has 7 nitrogen and oxygen atoms in total. The van der Waals surface area contributed by atoms with Crippen LogP contribution in [0.15, 0.2) is 36.4 Å². The Kier molecular flexibility index (Phi) is 5.62. The van der Waals surface area contributed by atoms with E-state index in [4.69, 9.17) is 4.74 Å². The highest BCUT2D eigenvalue weighted by molar-refractivity contribution is 7.88. The monoisotopic (exact) mass is 362 g/mol. The zero-order valence-electron chi connectivity index (χ0n) is 14.2. The molecule has 0 saturated carbocycles. The van der Waals surface area contributed by atoms with Gasteiger partial charge in [-0.25, -0.2) is 23.1 Å². The summed E-state index contributed by atoms with van der Waals surface area (Å²) < 4.78 is 32.5. The average molecular weight is 362 g/mol. The molecule has 0 bridgehead atoms. The van der Waals surface area contributed by atoms with E-state index >= 15 is 0 Å². The number of aromatic nitrogens is 2. The lowest BCUT2D eigenvalue weighted by Crippen LogP contribution is -2.37. The standard InChI is InChI=1S/C17H22N4O3S/c1-14-11-16(20-17(19-14)21-7-9-24-10-8-21)12-18-25(22,23)13-15-5-3-2-4-6-15/h2-6,11,18H,7-10,12-13H2,1H3. The maximum Gasteiger partial charge on any atom is 0.225 e. The van der Waals surface area contributed by atoms with E-state index in [1.165, 1.54) is 0 Å². The number of nitrogens with zero attached hydrogens (tertiary/aromatic N) is 3. The van der Waals surface area contributed by atoms with Crippen molar-refractivity contribution in [3.8, 4) is 0 Å². The zero-order valence-corrected chi connectivity index (χ0v) is 15.0. The second kappa shape index (κ2) is 7.90. The van der Waals surface area contributed by atoms with Gasteiger partial charge >= 0.3 is 0 Å². The van der Waals surface area contributed by atoms with Gasteiger partial charge in [-0.05, 0) is 18.6 Å². The smallest absolute Gasteiger partial charge is 0.225 e. The highest BCUT2D eigenvalue weighted by Crippen LogP contribution is 2.13. The third-order valence-electron chi connectivity index (χ3n) is 3.86. The number of aryl methyl sites for hydroxylation is 1. The molecular weight excluding hydrogens is 340 g/mol. The maximum atomic E-state index is 12.3. The van der Waals surface area contributed by atoms with Crippen molar-refractivity contribution in [3.05, 3.63) is 53.3 Å². The molecule has 1 fully saturated rings. The molecule has 1 aliphatic rings. The van der Waals surface area contributed by atoms with Gasteiger partial charge in [-0.3, -0.25) is 0 Å². The molecule has 1 aromatic heterocycles. The van der Waals surface area contributed by atoms with Gasteiger partial charge in [0.2, 0.25) is 16.0 Å². The molecule has 0 spiro atoms. The summed E-state index contributed by atoms with van der Waals surface area (Å²) in [6.45, 7) is 4.81. The molecule has 1 aromatic carbocycles. The van der Waals surface area contributed by atoms with Crippen molar-refractivity contribution in [1.29, 1.82) is 0 Å². The van der Waals surface area contributed by atoms with Crippen LogP contribution in [0.1, 0.15) is 17.0 Å². The van der Waals surface area contributed by atoms with E-state index in [2.05, 4.69) is 19.6 Å². The molecule has 0 atom stereocenters. The van der Waals surface area contributed by atoms with Crippen molar-refractivity contribution in [2.45, 2.75) is 19.2 Å². The largest absolute Gasteiger partial charge is 0.378 e. The molecule has 1 N–H and O–H groups in total. The Morgan fingerprint density at radius 1 is 1.16 bits per heavy atom. The van der Waals surface area contributed by atoms with Crippen LogP contribution in [-0.4, -0.2) is 44.7 Å². The van der Waals surface area contributed by atoms with Gasteiger partial charge in [0.1, 0.15) is 0 Å². The van der Waals surface area contributed by atoms with E-state index in [1.54, 1.807) is 18.2 Å². The van der Waals surface area contributed by atoms with Gasteiger partial charge in [-0.15, -0.1) is 0 Å². The molecule has 0 aliphatic carbocycles. The van der Waals surface area contributed by atoms with Gasteiger partial charge in [0.25, 0.3) is 0 Å². The number of morpholine rings is 1. The average Bonchev–Trinajstić information content (AvgIpc) is 2.61. The number of benzene rings is 1. The van der Waals surface area contributed by atoms with Crippen molar-refractivity contribution < 1.29 is 13.2 Å². The van der Waals surface area contributed by atoms with Gasteiger partial charge in [-0.1, -0.05) is 30.3 Å². The van der Waals surface area contributed by atoms with E-state index in [1.807, 2.05) is 25.1 Å². The number of sulfonamides is 1. The Bertz CT molecular complexity index is 806. The number of anilines is 1. The van der Waals surface area contributed by atoms with E-state index in [9.17, 15) is 8.42 Å². The summed E-state index contributed by atoms with van der Waals surface area (Å²) in [5, 5.41) is 0. The van der Waals surface area contributed by atoms with Crippen LogP contribution in [0.5, 0.6) is 0 Å². The zero-order chi connectivity index (χ0) is 17.7. The summed E-state index contributed by atoms with van der Waals surface area (Å²) in [6, 6.07) is 10.9. The number of nitrogens with one attached hydrogen (secondary N) is 1. The van der Waals surface area contributed by atoms with Crippen molar-refractivity contribution >= 4 is 16.0 Å². The van der Waals surface area contributed by atoms with Crippen LogP contribution in [0.3, 0.4) is 0 Å². The van der Waals surface area contributed by atoms with Crippen LogP contribution in [0, 0.1) is 6.92 Å². The van der Waals surface area contributed by atoms with Crippen LogP contribution < -0.4 is 9.62 Å². The van der Waals surface area contributed by atoms with Gasteiger partial charge < -0.3 is 9.64 Å². The summed E-state index contributed by atoms with van der Waals surface area (Å²) in [6.07, 6.45) is 0. The second-order valence-corrected chi connectivity index (χ2v) is 7.77. The Morgan fingerprint density at radius 3 is 2.60 bits per heavy atom. The quantitative estimate of drug-likeness (QED) is 0.832. The molecular formula is C17H22N4O3S. The summed E-state index contributed by atoms with van der Waals surface area (Å²) in [4.78, 5) is 11.0. The SMILES string of the molecule is Cc1cc(CNS(=O)(=O)Cc2ccccc2)nc(N2CCOCC2)n1. The highest BCUT2D eigenvalue weighted by Gasteiger charge is 2.16. The molecule has 0 radical (unpaired) electrons. The Labute approximate surface area is 148 Å². The Morgan fingerprint density at radius 2 is 1.88 bits per heavy atom. The van der Waals surface area contributed by atoms with E-state index in [-0.39, 0.29) is 12.3 Å². The first kappa shape index (κ1) is 17.8. The second-order valence-electron chi connectivity index (χ2n) is 5.97. The fourth-order valence-corrected chi connectivity index (χ4v) is 3.74. The Hall–Kier alpha value is -2.03. The summed E-state index contributed by atoms with van der Waals surface area (Å²) in [7, 11) is -3.43. The van der Waals surface area contributed by atoms with Gasteiger partial charge in [0, 0.05) is 18.8 Å². The molecule has 2 aromatic rings. The lowest BCUT2D eigenvalue weighted by Gasteiger charge is -2.27. The lowest BCUT2D eigenvalue weighted by molar-refractivity contribution is 0.122. The van der Waals surface area contributed by atoms with Crippen LogP contribution >= 0.6 is 0 Å². The number of rotatable bonds is 6. The first-order chi connectivity index (χ1) is 12.0. The van der Waals surface area contributed by atoms with Crippen molar-refractivity contribution in [1.82, 2.24) is 14.7 Å². The molecule has 8 heteroatoms. The first-order valence-corrected chi connectivity index (χ1v) is 9.85. The minimum Gasteiger partial charge on any atom is -0.378 e. The van der Waals surface area contributed by atoms with Gasteiger partial charge in [0.15, 0.2) is 0 Å². The summed E-state index contributed by atoms with van der Waals surface area (Å²) in [5.41, 5.74) is 2.22. The van der Waals surface area contributed by atoms with Crippen molar-refractivity contribution in [2.75, 3.05) is 31.2 Å². The van der Waals surface area contributed by atoms with E-state index in [0.29, 0.717) is 24.9 Å². The lowest BCUT2D eigenvalue weighted by atomic mass is 10.2. The van der Waals surface area contributed by atoms with Crippen LogP contribution in [0.25, 0.3) is 0 Å². The van der Waals surface area contributed by atoms with E-state index < -0.39 is 10.0 Å². The normalized spacial score (nSPS) is 15.3. The van der Waals surface area contributed by atoms with Crippen LogP contribution in [-0.2, 0) is 27.1 Å². The van der Waals surface area contributed by atoms with Gasteiger partial charge in [-0.2, -0.15) is 0 Å². The predicted molar refractivity (Wildman–Crippen MR) is 95.7 cm³/mol. The van der Waals surface area contributed by atoms with Crippen LogP contribution in [0.4, 0.5) is 5.95 Å². The topological polar surface area (TPSA) is 84.4 Å². The fourth-order valence-electron chi connectivity index (χ4n) is 2.64. The molecule has 1 aliphatic heterocycles. The first-order valence-electron chi connectivity index (χ1n) is 8.20. The number of hydrogen-bond acceptors (Lipinski definition) is 6. The molecule has 25 heavy (non-hydrogen) atoms. The number of ether oxygens (including phenoxy) is 1. The molecule has 134 valence electrons. The molecule has 3 rings (SSSR count). The third kappa shape index (κ3) is 5.22. The van der Waals surface area contributed by atoms with E-state index in [0.717, 1.165) is 24.3 Å². The van der Waals surface area contributed by atoms with Crippen molar-refractivity contribution in [2.24, 2.45) is 0 Å². The van der Waals surface area contributed by atoms with Crippen LogP contribution in [0.2, 0.25) is 0 Å².